The molecule has 0 spiro atoms. The van der Waals surface area contributed by atoms with Gasteiger partial charge in [-0.25, -0.2) is 0 Å². The first kappa shape index (κ1) is 27.5. The molecule has 4 rings (SSSR count). The fourth-order valence-corrected chi connectivity index (χ4v) is 4.10. The number of hydrogen-bond donors (Lipinski definition) is 3. The number of aromatic nitrogens is 3. The molecule has 39 heavy (non-hydrogen) atoms. The molecule has 4 aromatic rings. The molecule has 2 heterocycles. The van der Waals surface area contributed by atoms with Crippen LogP contribution >= 0.6 is 0 Å². The molecule has 3 N–H and O–H groups in total. The van der Waals surface area contributed by atoms with Gasteiger partial charge in [-0.3, -0.25) is 9.59 Å². The molecule has 0 saturated carbocycles. The Balaban J connectivity index is 1.58. The zero-order valence-electron chi connectivity index (χ0n) is 22.8. The monoisotopic (exact) mass is 527 g/mol. The number of aliphatic hydroxyl groups is 1. The van der Waals surface area contributed by atoms with Gasteiger partial charge in [0.25, 0.3) is 11.5 Å². The van der Waals surface area contributed by atoms with E-state index in [0.29, 0.717) is 22.8 Å². The van der Waals surface area contributed by atoms with Crippen LogP contribution in [0.1, 0.15) is 42.3 Å². The number of pyridine rings is 1. The van der Waals surface area contributed by atoms with Crippen molar-refractivity contribution in [3.05, 3.63) is 93.9 Å². The van der Waals surface area contributed by atoms with E-state index in [2.05, 4.69) is 41.6 Å². The van der Waals surface area contributed by atoms with E-state index in [9.17, 15) is 9.59 Å². The molecule has 2 aromatic heterocycles. The Morgan fingerprint density at radius 1 is 1.03 bits per heavy atom. The third-order valence-corrected chi connectivity index (χ3v) is 6.33. The van der Waals surface area contributed by atoms with Gasteiger partial charge in [-0.1, -0.05) is 45.0 Å². The second kappa shape index (κ2) is 11.5. The third kappa shape index (κ3) is 6.50. The topological polar surface area (TPSA) is 118 Å². The van der Waals surface area contributed by atoms with E-state index in [1.54, 1.807) is 31.4 Å². The Morgan fingerprint density at radius 3 is 2.41 bits per heavy atom. The van der Waals surface area contributed by atoms with Crippen molar-refractivity contribution >= 4 is 23.1 Å². The number of hydrogen-bond acceptors (Lipinski definition) is 7. The first-order valence-electron chi connectivity index (χ1n) is 12.6. The van der Waals surface area contributed by atoms with Crippen LogP contribution in [0.2, 0.25) is 0 Å². The molecule has 1 amide bonds. The zero-order chi connectivity index (χ0) is 28.2. The molecular formula is C30H33N5O4. The number of carbonyl (C=O) groups excluding carboxylic acids is 1. The number of rotatable bonds is 8. The van der Waals surface area contributed by atoms with Crippen molar-refractivity contribution in [2.24, 2.45) is 7.05 Å². The number of ether oxygens (including phenoxy) is 1. The van der Waals surface area contributed by atoms with E-state index >= 15 is 0 Å². The van der Waals surface area contributed by atoms with Gasteiger partial charge in [0, 0.05) is 36.1 Å². The lowest BCUT2D eigenvalue weighted by atomic mass is 9.86. The minimum absolute atomic E-state index is 0.00810. The summed E-state index contributed by atoms with van der Waals surface area (Å²) in [6.45, 7) is 8.33. The summed E-state index contributed by atoms with van der Waals surface area (Å²) in [7, 11) is 1.68. The highest BCUT2D eigenvalue weighted by Crippen LogP contribution is 2.30. The van der Waals surface area contributed by atoms with Crippen LogP contribution < -0.4 is 20.9 Å². The minimum atomic E-state index is -0.234. The lowest BCUT2D eigenvalue weighted by Crippen LogP contribution is -2.20. The van der Waals surface area contributed by atoms with E-state index in [4.69, 9.17) is 9.84 Å². The fourth-order valence-electron chi connectivity index (χ4n) is 4.10. The molecule has 2 aromatic carbocycles. The second-order valence-electron chi connectivity index (χ2n) is 10.3. The predicted molar refractivity (Wildman–Crippen MR) is 153 cm³/mol. The van der Waals surface area contributed by atoms with Gasteiger partial charge < -0.3 is 25.0 Å². The SMILES string of the molecule is Cc1c(NC(=O)c2ccc(C(C)(C)C)cc2)cccc1-c1cc(Nc2ccc(OCCO)nn2)c(=O)n(C)c1. The Bertz CT molecular complexity index is 1520. The summed E-state index contributed by atoms with van der Waals surface area (Å²) >= 11 is 0. The normalized spacial score (nSPS) is 11.2. The van der Waals surface area contributed by atoms with Gasteiger partial charge in [0.15, 0.2) is 5.82 Å². The molecule has 0 radical (unpaired) electrons. The quantitative estimate of drug-likeness (QED) is 0.301. The van der Waals surface area contributed by atoms with Crippen LogP contribution in [0.5, 0.6) is 5.88 Å². The highest BCUT2D eigenvalue weighted by atomic mass is 16.5. The summed E-state index contributed by atoms with van der Waals surface area (Å²) in [5, 5.41) is 22.9. The molecular weight excluding hydrogens is 494 g/mol. The van der Waals surface area contributed by atoms with Crippen molar-refractivity contribution in [1.29, 1.82) is 0 Å². The molecule has 0 atom stereocenters. The van der Waals surface area contributed by atoms with Crippen LogP contribution in [0.3, 0.4) is 0 Å². The number of nitrogens with one attached hydrogen (secondary N) is 2. The van der Waals surface area contributed by atoms with Gasteiger partial charge in [-0.15, -0.1) is 10.2 Å². The number of nitrogens with zero attached hydrogens (tertiary/aromatic N) is 3. The lowest BCUT2D eigenvalue weighted by Gasteiger charge is -2.19. The van der Waals surface area contributed by atoms with Crippen molar-refractivity contribution in [3.8, 4) is 17.0 Å². The maximum atomic E-state index is 13.0. The fraction of sp³-hybridized carbons (Fsp3) is 0.267. The average Bonchev–Trinajstić information content (AvgIpc) is 2.91. The van der Waals surface area contributed by atoms with Gasteiger partial charge >= 0.3 is 0 Å². The van der Waals surface area contributed by atoms with Crippen LogP contribution in [0.4, 0.5) is 17.2 Å². The van der Waals surface area contributed by atoms with Crippen LogP contribution in [-0.4, -0.2) is 39.0 Å². The summed E-state index contributed by atoms with van der Waals surface area (Å²) in [6.07, 6.45) is 1.75. The first-order chi connectivity index (χ1) is 18.6. The Labute approximate surface area is 227 Å². The summed E-state index contributed by atoms with van der Waals surface area (Å²) < 4.78 is 6.72. The largest absolute Gasteiger partial charge is 0.474 e. The highest BCUT2D eigenvalue weighted by molar-refractivity contribution is 6.05. The van der Waals surface area contributed by atoms with Crippen LogP contribution in [0.25, 0.3) is 11.1 Å². The van der Waals surface area contributed by atoms with E-state index in [0.717, 1.165) is 22.3 Å². The number of aryl methyl sites for hydroxylation is 1. The van der Waals surface area contributed by atoms with Crippen LogP contribution in [0.15, 0.2) is 71.7 Å². The standard InChI is InChI=1S/C30H33N5O4/c1-19-23(7-6-8-24(19)32-28(37)20-9-11-22(12-10-20)30(2,3)4)21-17-25(29(38)35(5)18-21)31-26-13-14-27(34-33-26)39-16-15-36/h6-14,17-18,36H,15-16H2,1-5H3,(H,31,33)(H,32,37). The molecule has 0 aliphatic rings. The smallest absolute Gasteiger partial charge is 0.274 e. The average molecular weight is 528 g/mol. The van der Waals surface area contributed by atoms with Gasteiger partial charge in [-0.05, 0) is 59.4 Å². The summed E-state index contributed by atoms with van der Waals surface area (Å²) in [6, 6.07) is 18.3. The number of carbonyl (C=O) groups is 1. The van der Waals surface area contributed by atoms with Crippen LogP contribution in [0, 0.1) is 6.92 Å². The van der Waals surface area contributed by atoms with Gasteiger partial charge in [0.05, 0.1) is 6.61 Å². The lowest BCUT2D eigenvalue weighted by molar-refractivity contribution is 0.102. The Morgan fingerprint density at radius 2 is 1.77 bits per heavy atom. The van der Waals surface area contributed by atoms with Gasteiger partial charge in [0.1, 0.15) is 12.3 Å². The Hall–Kier alpha value is -4.50. The minimum Gasteiger partial charge on any atom is -0.474 e. The molecule has 0 bridgehead atoms. The zero-order valence-corrected chi connectivity index (χ0v) is 22.8. The number of benzene rings is 2. The molecule has 0 aliphatic carbocycles. The molecule has 0 aliphatic heterocycles. The molecule has 9 nitrogen and oxygen atoms in total. The van der Waals surface area contributed by atoms with Crippen molar-refractivity contribution < 1.29 is 14.6 Å². The first-order valence-corrected chi connectivity index (χ1v) is 12.6. The molecule has 0 unspecified atom stereocenters. The van der Waals surface area contributed by atoms with Crippen molar-refractivity contribution in [2.75, 3.05) is 23.8 Å². The maximum Gasteiger partial charge on any atom is 0.274 e. The maximum absolute atomic E-state index is 13.0. The Kier molecular flexibility index (Phi) is 8.11. The van der Waals surface area contributed by atoms with Crippen LogP contribution in [-0.2, 0) is 12.5 Å². The van der Waals surface area contributed by atoms with E-state index in [1.165, 1.54) is 4.57 Å². The van der Waals surface area contributed by atoms with Gasteiger partial charge in [0.2, 0.25) is 5.88 Å². The highest BCUT2D eigenvalue weighted by Gasteiger charge is 2.16. The van der Waals surface area contributed by atoms with E-state index in [-0.39, 0.29) is 36.0 Å². The number of aliphatic hydroxyl groups excluding tert-OH is 1. The van der Waals surface area contributed by atoms with Crippen molar-refractivity contribution in [1.82, 2.24) is 14.8 Å². The summed E-state index contributed by atoms with van der Waals surface area (Å²) in [5.41, 5.74) is 5.05. The predicted octanol–water partition coefficient (Wildman–Crippen LogP) is 4.82. The van der Waals surface area contributed by atoms with E-state index in [1.807, 2.05) is 49.4 Å². The summed E-state index contributed by atoms with van der Waals surface area (Å²) in [5.74, 6) is 0.454. The number of amides is 1. The third-order valence-electron chi connectivity index (χ3n) is 6.33. The summed E-state index contributed by atoms with van der Waals surface area (Å²) in [4.78, 5) is 25.9. The second-order valence-corrected chi connectivity index (χ2v) is 10.3. The molecule has 0 saturated heterocycles. The molecule has 9 heteroatoms. The van der Waals surface area contributed by atoms with Gasteiger partial charge in [-0.2, -0.15) is 0 Å². The number of anilines is 3. The molecule has 202 valence electrons. The van der Waals surface area contributed by atoms with E-state index < -0.39 is 0 Å². The van der Waals surface area contributed by atoms with Crippen molar-refractivity contribution in [2.45, 2.75) is 33.1 Å². The van der Waals surface area contributed by atoms with Crippen molar-refractivity contribution in [3.63, 3.8) is 0 Å². The molecule has 0 fully saturated rings.